The molecule has 0 saturated carbocycles. The normalized spacial score (nSPS) is 18.7. The molecule has 0 bridgehead atoms. The summed E-state index contributed by atoms with van der Waals surface area (Å²) in [6, 6.07) is 7.43. The Labute approximate surface area is 130 Å². The summed E-state index contributed by atoms with van der Waals surface area (Å²) in [6.07, 6.45) is 1.59. The second-order valence-corrected chi connectivity index (χ2v) is 5.59. The summed E-state index contributed by atoms with van der Waals surface area (Å²) in [5.41, 5.74) is 0.959. The quantitative estimate of drug-likeness (QED) is 0.845. The summed E-state index contributed by atoms with van der Waals surface area (Å²) in [5.74, 6) is 0.509. The molecule has 1 amide bonds. The van der Waals surface area contributed by atoms with Crippen molar-refractivity contribution in [1.29, 1.82) is 0 Å². The van der Waals surface area contributed by atoms with E-state index in [9.17, 15) is 4.79 Å². The summed E-state index contributed by atoms with van der Waals surface area (Å²) in [7, 11) is 0. The summed E-state index contributed by atoms with van der Waals surface area (Å²) >= 11 is 3.47. The van der Waals surface area contributed by atoms with E-state index < -0.39 is 0 Å². The Bertz CT molecular complexity index is 618. The number of carbonyl (C=O) groups is 1. The Hall–Kier alpha value is -1.73. The number of morpholine rings is 1. The molecule has 0 unspecified atom stereocenters. The van der Waals surface area contributed by atoms with E-state index in [0.717, 1.165) is 10.0 Å². The first-order chi connectivity index (χ1) is 10.3. The van der Waals surface area contributed by atoms with Crippen LogP contribution in [0.4, 0.5) is 0 Å². The molecule has 2 aromatic rings. The smallest absolute Gasteiger partial charge is 0.227 e. The lowest BCUT2D eigenvalue weighted by molar-refractivity contribution is -0.139. The first-order valence-corrected chi connectivity index (χ1v) is 7.42. The molecule has 1 aromatic carbocycles. The van der Waals surface area contributed by atoms with Crippen LogP contribution >= 0.6 is 15.9 Å². The highest BCUT2D eigenvalue weighted by atomic mass is 79.9. The first kappa shape index (κ1) is 14.2. The second-order valence-electron chi connectivity index (χ2n) is 4.74. The van der Waals surface area contributed by atoms with Gasteiger partial charge in [0.1, 0.15) is 6.04 Å². The molecule has 1 aliphatic heterocycles. The van der Waals surface area contributed by atoms with Crippen LogP contribution in [0.25, 0.3) is 0 Å². The third-order valence-corrected chi connectivity index (χ3v) is 4.20. The maximum atomic E-state index is 12.6. The Morgan fingerprint density at radius 2 is 2.29 bits per heavy atom. The van der Waals surface area contributed by atoms with Gasteiger partial charge in [-0.25, -0.2) is 0 Å². The van der Waals surface area contributed by atoms with Crippen LogP contribution in [0.3, 0.4) is 0 Å². The zero-order chi connectivity index (χ0) is 14.7. The number of hydrogen-bond acceptors (Lipinski definition) is 5. The highest BCUT2D eigenvalue weighted by Gasteiger charge is 2.31. The number of ether oxygens (including phenoxy) is 1. The van der Waals surface area contributed by atoms with Gasteiger partial charge in [-0.15, -0.1) is 0 Å². The lowest BCUT2D eigenvalue weighted by Gasteiger charge is -2.33. The van der Waals surface area contributed by atoms with Gasteiger partial charge in [0.05, 0.1) is 19.6 Å². The van der Waals surface area contributed by atoms with Crippen molar-refractivity contribution in [1.82, 2.24) is 15.0 Å². The zero-order valence-electron chi connectivity index (χ0n) is 11.2. The molecule has 7 heteroatoms. The average Bonchev–Trinajstić information content (AvgIpc) is 3.04. The molecule has 110 valence electrons. The molecule has 21 heavy (non-hydrogen) atoms. The molecule has 1 atom stereocenters. The van der Waals surface area contributed by atoms with Crippen molar-refractivity contribution < 1.29 is 14.1 Å². The van der Waals surface area contributed by atoms with Crippen LogP contribution in [0.1, 0.15) is 17.4 Å². The van der Waals surface area contributed by atoms with Gasteiger partial charge in [0.25, 0.3) is 0 Å². The van der Waals surface area contributed by atoms with Gasteiger partial charge in [-0.3, -0.25) is 4.79 Å². The molecule has 6 nitrogen and oxygen atoms in total. The molecule has 0 N–H and O–H groups in total. The predicted octanol–water partition coefficient (Wildman–Crippen LogP) is 1.97. The van der Waals surface area contributed by atoms with E-state index in [2.05, 4.69) is 26.1 Å². The van der Waals surface area contributed by atoms with Crippen molar-refractivity contribution in [3.05, 3.63) is 46.5 Å². The van der Waals surface area contributed by atoms with Gasteiger partial charge >= 0.3 is 0 Å². The molecule has 0 radical (unpaired) electrons. The van der Waals surface area contributed by atoms with Gasteiger partial charge in [0.15, 0.2) is 5.82 Å². The van der Waals surface area contributed by atoms with Crippen LogP contribution in [-0.2, 0) is 16.0 Å². The van der Waals surface area contributed by atoms with Crippen LogP contribution in [0.15, 0.2) is 39.7 Å². The van der Waals surface area contributed by atoms with Crippen LogP contribution < -0.4 is 0 Å². The van der Waals surface area contributed by atoms with Crippen LogP contribution in [0.5, 0.6) is 0 Å². The SMILES string of the molecule is O=C(Cc1ccccc1Br)N1CCOC[C@@H]1c1ncon1. The maximum Gasteiger partial charge on any atom is 0.227 e. The number of hydrogen-bond donors (Lipinski definition) is 0. The second kappa shape index (κ2) is 6.36. The van der Waals surface area contributed by atoms with Crippen LogP contribution in [-0.4, -0.2) is 40.7 Å². The number of rotatable bonds is 3. The molecule has 2 heterocycles. The Balaban J connectivity index is 1.77. The molecule has 1 fully saturated rings. The van der Waals surface area contributed by atoms with Gasteiger partial charge in [0, 0.05) is 11.0 Å². The number of halogens is 1. The van der Waals surface area contributed by atoms with E-state index in [4.69, 9.17) is 9.26 Å². The Morgan fingerprint density at radius 1 is 1.43 bits per heavy atom. The molecular weight excluding hydrogens is 338 g/mol. The topological polar surface area (TPSA) is 68.5 Å². The van der Waals surface area contributed by atoms with E-state index >= 15 is 0 Å². The van der Waals surface area contributed by atoms with Gasteiger partial charge in [-0.05, 0) is 11.6 Å². The Morgan fingerprint density at radius 3 is 3.05 bits per heavy atom. The number of amides is 1. The number of aromatic nitrogens is 2. The zero-order valence-corrected chi connectivity index (χ0v) is 12.8. The van der Waals surface area contributed by atoms with Gasteiger partial charge < -0.3 is 14.2 Å². The summed E-state index contributed by atoms with van der Waals surface area (Å²) in [4.78, 5) is 18.4. The van der Waals surface area contributed by atoms with Crippen molar-refractivity contribution >= 4 is 21.8 Å². The standard InChI is InChI=1S/C14H14BrN3O3/c15-11-4-2-1-3-10(11)7-13(19)18-5-6-20-8-12(18)14-16-9-21-17-14/h1-4,9,12H,5-8H2/t12-/m1/s1. The number of benzene rings is 1. The van der Waals surface area contributed by atoms with Crippen molar-refractivity contribution in [2.75, 3.05) is 19.8 Å². The van der Waals surface area contributed by atoms with Crippen molar-refractivity contribution in [2.45, 2.75) is 12.5 Å². The average molecular weight is 352 g/mol. The predicted molar refractivity (Wildman–Crippen MR) is 77.4 cm³/mol. The fourth-order valence-electron chi connectivity index (χ4n) is 2.35. The van der Waals surface area contributed by atoms with E-state index in [1.165, 1.54) is 6.39 Å². The van der Waals surface area contributed by atoms with Crippen LogP contribution in [0.2, 0.25) is 0 Å². The van der Waals surface area contributed by atoms with E-state index in [0.29, 0.717) is 32.0 Å². The third kappa shape index (κ3) is 3.14. The van der Waals surface area contributed by atoms with Crippen molar-refractivity contribution in [3.8, 4) is 0 Å². The third-order valence-electron chi connectivity index (χ3n) is 3.42. The lowest BCUT2D eigenvalue weighted by atomic mass is 10.1. The number of nitrogens with zero attached hydrogens (tertiary/aromatic N) is 3. The minimum Gasteiger partial charge on any atom is -0.377 e. The summed E-state index contributed by atoms with van der Waals surface area (Å²) in [6.45, 7) is 1.44. The minimum absolute atomic E-state index is 0.0278. The molecule has 0 aliphatic carbocycles. The molecular formula is C14H14BrN3O3. The molecule has 1 saturated heterocycles. The fraction of sp³-hybridized carbons (Fsp3) is 0.357. The minimum atomic E-state index is -0.285. The Kier molecular flexibility index (Phi) is 4.31. The molecule has 0 spiro atoms. The highest BCUT2D eigenvalue weighted by Crippen LogP contribution is 2.24. The van der Waals surface area contributed by atoms with Crippen molar-refractivity contribution in [3.63, 3.8) is 0 Å². The largest absolute Gasteiger partial charge is 0.377 e. The van der Waals surface area contributed by atoms with Gasteiger partial charge in [-0.2, -0.15) is 4.98 Å². The van der Waals surface area contributed by atoms with Gasteiger partial charge in [-0.1, -0.05) is 39.3 Å². The van der Waals surface area contributed by atoms with Crippen LogP contribution in [0, 0.1) is 0 Å². The summed E-state index contributed by atoms with van der Waals surface area (Å²) in [5, 5.41) is 3.83. The van der Waals surface area contributed by atoms with E-state index in [1.54, 1.807) is 4.90 Å². The van der Waals surface area contributed by atoms with E-state index in [-0.39, 0.29) is 11.9 Å². The molecule has 1 aromatic heterocycles. The lowest BCUT2D eigenvalue weighted by Crippen LogP contribution is -2.44. The number of carbonyl (C=O) groups excluding carboxylic acids is 1. The fourth-order valence-corrected chi connectivity index (χ4v) is 2.77. The molecule has 1 aliphatic rings. The first-order valence-electron chi connectivity index (χ1n) is 6.62. The monoisotopic (exact) mass is 351 g/mol. The maximum absolute atomic E-state index is 12.6. The van der Waals surface area contributed by atoms with E-state index in [1.807, 2.05) is 24.3 Å². The molecule has 3 rings (SSSR count). The summed E-state index contributed by atoms with van der Waals surface area (Å²) < 4.78 is 11.1. The van der Waals surface area contributed by atoms with Crippen molar-refractivity contribution in [2.24, 2.45) is 0 Å². The van der Waals surface area contributed by atoms with Gasteiger partial charge in [0.2, 0.25) is 12.3 Å². The highest BCUT2D eigenvalue weighted by molar-refractivity contribution is 9.10.